The third-order valence-corrected chi connectivity index (χ3v) is 6.75. The molecule has 0 fully saturated rings. The van der Waals surface area contributed by atoms with E-state index in [0.717, 1.165) is 4.90 Å². The second kappa shape index (κ2) is 18.2. The van der Waals surface area contributed by atoms with Crippen molar-refractivity contribution < 1.29 is 54.6 Å². The zero-order chi connectivity index (χ0) is 33.6. The van der Waals surface area contributed by atoms with E-state index in [9.17, 15) is 44.4 Å². The predicted molar refractivity (Wildman–Crippen MR) is 159 cm³/mol. The second-order valence-electron chi connectivity index (χ2n) is 11.9. The van der Waals surface area contributed by atoms with Gasteiger partial charge < -0.3 is 36.0 Å². The lowest BCUT2D eigenvalue weighted by atomic mass is 9.83. The SMILES string of the molecule is CC(C)CC(C)(C)C(=O)Nc1ccc(CC(CN(CCN(CC(=O)O)CC(=O)O)CC(O)O)N(CC(=O)O)CC(=O)O)cc1. The summed E-state index contributed by atoms with van der Waals surface area (Å²) in [7, 11) is 0. The highest BCUT2D eigenvalue weighted by atomic mass is 16.5. The van der Waals surface area contributed by atoms with Crippen LogP contribution in [0.5, 0.6) is 0 Å². The van der Waals surface area contributed by atoms with Crippen LogP contribution in [0.2, 0.25) is 0 Å². The van der Waals surface area contributed by atoms with Gasteiger partial charge in [-0.3, -0.25) is 38.7 Å². The van der Waals surface area contributed by atoms with Gasteiger partial charge in [-0.05, 0) is 36.5 Å². The van der Waals surface area contributed by atoms with Gasteiger partial charge in [0, 0.05) is 43.3 Å². The number of aliphatic hydroxyl groups excluding tert-OH is 1. The average molecular weight is 627 g/mol. The van der Waals surface area contributed by atoms with E-state index < -0.39 is 67.8 Å². The topological polar surface area (TPSA) is 228 Å². The molecule has 44 heavy (non-hydrogen) atoms. The zero-order valence-electron chi connectivity index (χ0n) is 25.7. The molecule has 248 valence electrons. The fourth-order valence-corrected chi connectivity index (χ4v) is 5.05. The van der Waals surface area contributed by atoms with Crippen LogP contribution in [0.1, 0.15) is 39.7 Å². The highest BCUT2D eigenvalue weighted by molar-refractivity contribution is 5.94. The van der Waals surface area contributed by atoms with Crippen molar-refractivity contribution in [3.63, 3.8) is 0 Å². The van der Waals surface area contributed by atoms with Crippen molar-refractivity contribution in [3.8, 4) is 0 Å². The van der Waals surface area contributed by atoms with Crippen LogP contribution in [-0.4, -0.2) is 140 Å². The number of benzene rings is 1. The average Bonchev–Trinajstić information content (AvgIpc) is 2.85. The summed E-state index contributed by atoms with van der Waals surface area (Å²) in [6.45, 7) is 4.84. The van der Waals surface area contributed by atoms with E-state index >= 15 is 0 Å². The molecule has 1 rings (SSSR count). The third kappa shape index (κ3) is 15.7. The van der Waals surface area contributed by atoms with E-state index in [2.05, 4.69) is 5.32 Å². The molecule has 0 radical (unpaired) electrons. The summed E-state index contributed by atoms with van der Waals surface area (Å²) >= 11 is 0. The minimum atomic E-state index is -1.83. The number of aliphatic hydroxyl groups is 2. The van der Waals surface area contributed by atoms with Gasteiger partial charge in [0.1, 0.15) is 0 Å². The predicted octanol–water partition coefficient (Wildman–Crippen LogP) is 0.164. The molecule has 0 aliphatic heterocycles. The van der Waals surface area contributed by atoms with Crippen LogP contribution in [0.3, 0.4) is 0 Å². The molecule has 0 bridgehead atoms. The number of nitrogens with one attached hydrogen (secondary N) is 1. The minimum absolute atomic E-state index is 0.0280. The van der Waals surface area contributed by atoms with Crippen molar-refractivity contribution in [3.05, 3.63) is 29.8 Å². The van der Waals surface area contributed by atoms with Crippen molar-refractivity contribution in [2.24, 2.45) is 11.3 Å². The Bertz CT molecular complexity index is 1080. The van der Waals surface area contributed by atoms with Gasteiger partial charge in [-0.2, -0.15) is 0 Å². The molecule has 15 heteroatoms. The Morgan fingerprint density at radius 3 is 1.66 bits per heavy atom. The second-order valence-corrected chi connectivity index (χ2v) is 11.9. The smallest absolute Gasteiger partial charge is 0.317 e. The van der Waals surface area contributed by atoms with E-state index in [1.807, 2.05) is 27.7 Å². The van der Waals surface area contributed by atoms with Crippen LogP contribution in [0, 0.1) is 11.3 Å². The van der Waals surface area contributed by atoms with Crippen LogP contribution >= 0.6 is 0 Å². The van der Waals surface area contributed by atoms with Gasteiger partial charge in [0.2, 0.25) is 5.91 Å². The molecule has 0 spiro atoms. The van der Waals surface area contributed by atoms with Gasteiger partial charge in [-0.1, -0.05) is 39.8 Å². The van der Waals surface area contributed by atoms with Gasteiger partial charge in [0.25, 0.3) is 0 Å². The minimum Gasteiger partial charge on any atom is -0.480 e. The number of carbonyl (C=O) groups is 5. The maximum absolute atomic E-state index is 12.8. The Morgan fingerprint density at radius 1 is 0.750 bits per heavy atom. The van der Waals surface area contributed by atoms with E-state index in [0.29, 0.717) is 23.6 Å². The molecule has 0 heterocycles. The van der Waals surface area contributed by atoms with E-state index in [4.69, 9.17) is 10.2 Å². The fraction of sp³-hybridized carbons (Fsp3) is 0.621. The molecule has 0 aliphatic rings. The van der Waals surface area contributed by atoms with Gasteiger partial charge in [0.05, 0.1) is 26.2 Å². The standard InChI is InChI=1S/C29H46N4O11/c1-19(2)12-29(3,4)28(44)30-21-7-5-20(6-8-21)11-22(33(17-26(40)41)18-27(42)43)13-31(14-23(34)35)9-10-32(15-24(36)37)16-25(38)39/h5-8,19,22-23,34-35H,9-18H2,1-4H3,(H,30,44)(H,36,37)(H,38,39)(H,40,41)(H,42,43). The molecule has 1 aromatic carbocycles. The Hall–Kier alpha value is -3.63. The van der Waals surface area contributed by atoms with Crippen LogP contribution < -0.4 is 5.32 Å². The summed E-state index contributed by atoms with van der Waals surface area (Å²) < 4.78 is 0. The molecule has 0 aromatic heterocycles. The number of carbonyl (C=O) groups excluding carboxylic acids is 1. The number of hydrogen-bond donors (Lipinski definition) is 7. The molecule has 0 saturated carbocycles. The first kappa shape index (κ1) is 38.4. The summed E-state index contributed by atoms with van der Waals surface area (Å²) in [5.74, 6) is -4.89. The lowest BCUT2D eigenvalue weighted by molar-refractivity contribution is -0.144. The molecule has 1 amide bonds. The van der Waals surface area contributed by atoms with Crippen molar-refractivity contribution in [2.45, 2.75) is 52.9 Å². The number of hydrogen-bond acceptors (Lipinski definition) is 10. The number of rotatable bonds is 22. The lowest BCUT2D eigenvalue weighted by Crippen LogP contribution is -2.51. The van der Waals surface area contributed by atoms with E-state index in [1.54, 1.807) is 24.3 Å². The number of carboxylic acid groups (broad SMARTS) is 4. The number of anilines is 1. The van der Waals surface area contributed by atoms with E-state index in [1.165, 1.54) is 9.80 Å². The van der Waals surface area contributed by atoms with Gasteiger partial charge in [0.15, 0.2) is 6.29 Å². The number of aliphatic carboxylic acids is 4. The third-order valence-electron chi connectivity index (χ3n) is 6.75. The van der Waals surface area contributed by atoms with Crippen LogP contribution in [0.4, 0.5) is 5.69 Å². The van der Waals surface area contributed by atoms with Crippen molar-refractivity contribution in [1.29, 1.82) is 0 Å². The molecule has 0 aliphatic carbocycles. The van der Waals surface area contributed by atoms with Crippen LogP contribution in [-0.2, 0) is 30.4 Å². The largest absolute Gasteiger partial charge is 0.480 e. The number of carboxylic acids is 4. The first-order chi connectivity index (χ1) is 20.4. The Balaban J connectivity index is 3.26. The maximum Gasteiger partial charge on any atom is 0.317 e. The highest BCUT2D eigenvalue weighted by Crippen LogP contribution is 2.27. The Kier molecular flexibility index (Phi) is 15.9. The molecule has 7 N–H and O–H groups in total. The summed E-state index contributed by atoms with van der Waals surface area (Å²) in [5, 5.41) is 59.5. The number of amides is 1. The van der Waals surface area contributed by atoms with Crippen LogP contribution in [0.25, 0.3) is 0 Å². The molecule has 1 unspecified atom stereocenters. The molecule has 0 saturated heterocycles. The van der Waals surface area contributed by atoms with Crippen molar-refractivity contribution in [1.82, 2.24) is 14.7 Å². The summed E-state index contributed by atoms with van der Waals surface area (Å²) in [6.07, 6.45) is -1.01. The van der Waals surface area contributed by atoms with Gasteiger partial charge in [-0.25, -0.2) is 0 Å². The molecular weight excluding hydrogens is 580 g/mol. The molecule has 15 nitrogen and oxygen atoms in total. The maximum atomic E-state index is 12.8. The summed E-state index contributed by atoms with van der Waals surface area (Å²) in [4.78, 5) is 62.3. The molecule has 1 aromatic rings. The van der Waals surface area contributed by atoms with Crippen molar-refractivity contribution >= 4 is 35.5 Å². The highest BCUT2D eigenvalue weighted by Gasteiger charge is 2.29. The first-order valence-corrected chi connectivity index (χ1v) is 14.2. The Morgan fingerprint density at radius 2 is 1.23 bits per heavy atom. The van der Waals surface area contributed by atoms with E-state index in [-0.39, 0.29) is 38.5 Å². The monoisotopic (exact) mass is 626 g/mol. The number of nitrogens with zero attached hydrogens (tertiary/aromatic N) is 3. The molecule has 1 atom stereocenters. The normalized spacial score (nSPS) is 12.7. The van der Waals surface area contributed by atoms with Crippen LogP contribution in [0.15, 0.2) is 24.3 Å². The lowest BCUT2D eigenvalue weighted by Gasteiger charge is -2.35. The summed E-state index contributed by atoms with van der Waals surface area (Å²) in [6, 6.07) is 6.01. The van der Waals surface area contributed by atoms with Crippen molar-refractivity contribution in [2.75, 3.05) is 57.7 Å². The zero-order valence-corrected chi connectivity index (χ0v) is 25.7. The summed E-state index contributed by atoms with van der Waals surface area (Å²) in [5.41, 5.74) is 0.622. The molecular formula is C29H46N4O11. The first-order valence-electron chi connectivity index (χ1n) is 14.2. The quantitative estimate of drug-likeness (QED) is 0.0851. The fourth-order valence-electron chi connectivity index (χ4n) is 5.05. The van der Waals surface area contributed by atoms with Gasteiger partial charge in [-0.15, -0.1) is 0 Å². The van der Waals surface area contributed by atoms with Gasteiger partial charge >= 0.3 is 23.9 Å². The Labute approximate surface area is 256 Å².